The Hall–Kier alpha value is -0.810. The van der Waals surface area contributed by atoms with Gasteiger partial charge in [0.05, 0.1) is 7.11 Å². The monoisotopic (exact) mass is 248 g/mol. The van der Waals surface area contributed by atoms with E-state index in [9.17, 15) is 9.90 Å². The van der Waals surface area contributed by atoms with Crippen molar-refractivity contribution in [1.82, 2.24) is 0 Å². The van der Waals surface area contributed by atoms with Crippen molar-refractivity contribution >= 4 is 21.9 Å². The van der Waals surface area contributed by atoms with Gasteiger partial charge in [-0.25, -0.2) is 4.79 Å². The Morgan fingerprint density at radius 2 is 2.46 bits per heavy atom. The molecule has 0 aromatic carbocycles. The van der Waals surface area contributed by atoms with Crippen LogP contribution < -0.4 is 0 Å². The Morgan fingerprint density at radius 1 is 1.77 bits per heavy atom. The van der Waals surface area contributed by atoms with Crippen LogP contribution in [0.5, 0.6) is 0 Å². The lowest BCUT2D eigenvalue weighted by molar-refractivity contribution is -0.150. The summed E-state index contributed by atoms with van der Waals surface area (Å²) in [5.41, 5.74) is 0. The zero-order valence-corrected chi connectivity index (χ0v) is 8.58. The molecular formula is C8H9BrO4. The van der Waals surface area contributed by atoms with Crippen molar-refractivity contribution in [3.63, 3.8) is 0 Å². The van der Waals surface area contributed by atoms with Crippen LogP contribution in [-0.2, 0) is 16.0 Å². The quantitative estimate of drug-likeness (QED) is 0.815. The Kier molecular flexibility index (Phi) is 3.50. The average molecular weight is 249 g/mol. The number of esters is 1. The van der Waals surface area contributed by atoms with Crippen LogP contribution in [0.2, 0.25) is 0 Å². The number of rotatable bonds is 3. The molecule has 72 valence electrons. The number of hydrogen-bond donors (Lipinski definition) is 1. The molecule has 1 atom stereocenters. The van der Waals surface area contributed by atoms with Crippen molar-refractivity contribution in [3.8, 4) is 0 Å². The van der Waals surface area contributed by atoms with Gasteiger partial charge < -0.3 is 14.3 Å². The van der Waals surface area contributed by atoms with E-state index in [1.54, 1.807) is 12.1 Å². The zero-order chi connectivity index (χ0) is 9.84. The van der Waals surface area contributed by atoms with E-state index in [1.165, 1.54) is 7.11 Å². The molecule has 0 saturated heterocycles. The maximum Gasteiger partial charge on any atom is 0.335 e. The number of methoxy groups -OCH3 is 1. The van der Waals surface area contributed by atoms with Crippen molar-refractivity contribution < 1.29 is 19.1 Å². The highest BCUT2D eigenvalue weighted by molar-refractivity contribution is 9.10. The Balaban J connectivity index is 2.54. The van der Waals surface area contributed by atoms with Crippen molar-refractivity contribution in [2.75, 3.05) is 7.11 Å². The SMILES string of the molecule is COC(=O)C(O)Cc1ccc(Br)o1. The van der Waals surface area contributed by atoms with Gasteiger partial charge in [-0.15, -0.1) is 0 Å². The first-order chi connectivity index (χ1) is 6.13. The summed E-state index contributed by atoms with van der Waals surface area (Å²) >= 11 is 3.11. The fourth-order valence-electron chi connectivity index (χ4n) is 0.871. The average Bonchev–Trinajstić information content (AvgIpc) is 2.49. The molecule has 1 heterocycles. The van der Waals surface area contributed by atoms with Crippen molar-refractivity contribution in [3.05, 3.63) is 22.6 Å². The van der Waals surface area contributed by atoms with E-state index in [2.05, 4.69) is 20.7 Å². The topological polar surface area (TPSA) is 59.7 Å². The van der Waals surface area contributed by atoms with E-state index in [4.69, 9.17) is 4.42 Å². The number of ether oxygens (including phenoxy) is 1. The van der Waals surface area contributed by atoms with E-state index >= 15 is 0 Å². The third kappa shape index (κ3) is 2.86. The molecule has 0 radical (unpaired) electrons. The lowest BCUT2D eigenvalue weighted by atomic mass is 10.2. The largest absolute Gasteiger partial charge is 0.467 e. The molecule has 0 aliphatic heterocycles. The molecule has 0 aliphatic carbocycles. The summed E-state index contributed by atoms with van der Waals surface area (Å²) in [5.74, 6) is -0.128. The second-order valence-electron chi connectivity index (χ2n) is 2.45. The highest BCUT2D eigenvalue weighted by Crippen LogP contribution is 2.15. The Labute approximate surface area is 83.6 Å². The van der Waals surface area contributed by atoms with E-state index < -0.39 is 12.1 Å². The molecule has 0 bridgehead atoms. The summed E-state index contributed by atoms with van der Waals surface area (Å²) in [6.45, 7) is 0. The molecular weight excluding hydrogens is 240 g/mol. The molecule has 1 rings (SSSR count). The standard InChI is InChI=1S/C8H9BrO4/c1-12-8(11)6(10)4-5-2-3-7(9)13-5/h2-3,6,10H,4H2,1H3. The molecule has 1 aromatic heterocycles. The Bertz CT molecular complexity index is 294. The second kappa shape index (κ2) is 4.43. The van der Waals surface area contributed by atoms with Crippen LogP contribution in [0.4, 0.5) is 0 Å². The maximum absolute atomic E-state index is 10.8. The highest BCUT2D eigenvalue weighted by Gasteiger charge is 2.17. The summed E-state index contributed by atoms with van der Waals surface area (Å²) < 4.78 is 10.0. The normalized spacial score (nSPS) is 12.5. The van der Waals surface area contributed by atoms with Gasteiger partial charge in [-0.05, 0) is 28.1 Å². The molecule has 1 N–H and O–H groups in total. The number of aliphatic hydroxyl groups excluding tert-OH is 1. The van der Waals surface area contributed by atoms with Gasteiger partial charge in [0.15, 0.2) is 10.8 Å². The molecule has 13 heavy (non-hydrogen) atoms. The van der Waals surface area contributed by atoms with Gasteiger partial charge in [-0.2, -0.15) is 0 Å². The molecule has 0 spiro atoms. The third-order valence-electron chi connectivity index (χ3n) is 1.50. The van der Waals surface area contributed by atoms with Crippen LogP contribution in [-0.4, -0.2) is 24.3 Å². The number of aliphatic hydroxyl groups is 1. The maximum atomic E-state index is 10.8. The molecule has 0 amide bonds. The highest BCUT2D eigenvalue weighted by atomic mass is 79.9. The lowest BCUT2D eigenvalue weighted by Crippen LogP contribution is -2.23. The van der Waals surface area contributed by atoms with E-state index in [1.807, 2.05) is 0 Å². The van der Waals surface area contributed by atoms with Crippen molar-refractivity contribution in [2.24, 2.45) is 0 Å². The van der Waals surface area contributed by atoms with Crippen LogP contribution in [0.15, 0.2) is 21.2 Å². The molecule has 0 aliphatic rings. The minimum atomic E-state index is -1.16. The molecule has 1 unspecified atom stereocenters. The van der Waals surface area contributed by atoms with Gasteiger partial charge in [0.1, 0.15) is 5.76 Å². The van der Waals surface area contributed by atoms with Gasteiger partial charge in [-0.1, -0.05) is 0 Å². The number of furan rings is 1. The fraction of sp³-hybridized carbons (Fsp3) is 0.375. The summed E-state index contributed by atoms with van der Waals surface area (Å²) in [4.78, 5) is 10.8. The van der Waals surface area contributed by atoms with Gasteiger partial charge in [0, 0.05) is 6.42 Å². The predicted octanol–water partition coefficient (Wildman–Crippen LogP) is 1.12. The van der Waals surface area contributed by atoms with Gasteiger partial charge in [0.25, 0.3) is 0 Å². The summed E-state index contributed by atoms with van der Waals surface area (Å²) in [5, 5.41) is 9.23. The first kappa shape index (κ1) is 10.3. The number of carbonyl (C=O) groups is 1. The summed E-state index contributed by atoms with van der Waals surface area (Å²) in [6, 6.07) is 3.37. The number of halogens is 1. The van der Waals surface area contributed by atoms with Crippen LogP contribution in [0.25, 0.3) is 0 Å². The van der Waals surface area contributed by atoms with Crippen molar-refractivity contribution in [1.29, 1.82) is 0 Å². The van der Waals surface area contributed by atoms with E-state index in [0.717, 1.165) is 0 Å². The minimum Gasteiger partial charge on any atom is -0.467 e. The van der Waals surface area contributed by atoms with Crippen LogP contribution in [0.3, 0.4) is 0 Å². The van der Waals surface area contributed by atoms with Crippen molar-refractivity contribution in [2.45, 2.75) is 12.5 Å². The van der Waals surface area contributed by atoms with Gasteiger partial charge >= 0.3 is 5.97 Å². The van der Waals surface area contributed by atoms with Crippen LogP contribution in [0, 0.1) is 0 Å². The molecule has 4 nitrogen and oxygen atoms in total. The molecule has 0 saturated carbocycles. The third-order valence-corrected chi connectivity index (χ3v) is 1.92. The summed E-state index contributed by atoms with van der Waals surface area (Å²) in [6.07, 6.45) is -1.04. The molecule has 0 fully saturated rings. The van der Waals surface area contributed by atoms with Crippen LogP contribution >= 0.6 is 15.9 Å². The van der Waals surface area contributed by atoms with E-state index in [-0.39, 0.29) is 6.42 Å². The number of hydrogen-bond acceptors (Lipinski definition) is 4. The zero-order valence-electron chi connectivity index (χ0n) is 6.99. The second-order valence-corrected chi connectivity index (χ2v) is 3.23. The first-order valence-electron chi connectivity index (χ1n) is 3.63. The smallest absolute Gasteiger partial charge is 0.335 e. The number of carbonyl (C=O) groups excluding carboxylic acids is 1. The van der Waals surface area contributed by atoms with Gasteiger partial charge in [0.2, 0.25) is 0 Å². The van der Waals surface area contributed by atoms with Gasteiger partial charge in [-0.3, -0.25) is 0 Å². The van der Waals surface area contributed by atoms with Crippen LogP contribution in [0.1, 0.15) is 5.76 Å². The Morgan fingerprint density at radius 3 is 2.92 bits per heavy atom. The fourth-order valence-corrected chi connectivity index (χ4v) is 1.21. The minimum absolute atomic E-state index is 0.123. The predicted molar refractivity (Wildman–Crippen MR) is 48.1 cm³/mol. The summed E-state index contributed by atoms with van der Waals surface area (Å²) in [7, 11) is 1.23. The molecule has 5 heteroatoms. The molecule has 1 aromatic rings. The lowest BCUT2D eigenvalue weighted by Gasteiger charge is -2.04. The van der Waals surface area contributed by atoms with E-state index in [0.29, 0.717) is 10.4 Å². The first-order valence-corrected chi connectivity index (χ1v) is 4.43.